The quantitative estimate of drug-likeness (QED) is 0.125. The van der Waals surface area contributed by atoms with Crippen LogP contribution in [0.1, 0.15) is 31.8 Å². The molecule has 0 amide bonds. The summed E-state index contributed by atoms with van der Waals surface area (Å²) in [6.45, 7) is 0.0968. The van der Waals surface area contributed by atoms with E-state index in [0.29, 0.717) is 22.6 Å². The largest absolute Gasteiger partial charge is 0.497 e. The van der Waals surface area contributed by atoms with Crippen LogP contribution in [0, 0.1) is 0 Å². The van der Waals surface area contributed by atoms with Gasteiger partial charge in [-0.25, -0.2) is 0 Å². The molecule has 0 N–H and O–H groups in total. The van der Waals surface area contributed by atoms with Crippen LogP contribution < -0.4 is 18.9 Å². The van der Waals surface area contributed by atoms with Crippen LogP contribution in [0.3, 0.4) is 0 Å². The van der Waals surface area contributed by atoms with Gasteiger partial charge in [0.05, 0.1) is 14.2 Å². The predicted molar refractivity (Wildman–Crippen MR) is 186 cm³/mol. The van der Waals surface area contributed by atoms with E-state index in [1.165, 1.54) is 0 Å². The lowest BCUT2D eigenvalue weighted by Crippen LogP contribution is -2.03. The Bertz CT molecular complexity index is 2050. The smallest absolute Gasteiger partial charge is 0.230 e. The SMILES string of the molecule is COc1ccc(C(=O)/C=C\c2ccc3c4c(ccc3c2)OCOc2ccc3cc(/C=C\C(=O)c5ccc(OC)cc5)ccc3c2-4)cc1. The Hall–Kier alpha value is -6.14. The Morgan fingerprint density at radius 1 is 0.553 bits per heavy atom. The van der Waals surface area contributed by atoms with E-state index >= 15 is 0 Å². The summed E-state index contributed by atoms with van der Waals surface area (Å²) >= 11 is 0. The van der Waals surface area contributed by atoms with Crippen LogP contribution in [-0.4, -0.2) is 32.6 Å². The first-order valence-corrected chi connectivity index (χ1v) is 15.1. The Morgan fingerprint density at radius 2 is 0.979 bits per heavy atom. The van der Waals surface area contributed by atoms with Gasteiger partial charge in [-0.15, -0.1) is 0 Å². The molecule has 1 aliphatic rings. The van der Waals surface area contributed by atoms with Gasteiger partial charge in [-0.05, 0) is 118 Å². The maximum Gasteiger partial charge on any atom is 0.230 e. The number of fused-ring (bicyclic) bond motifs is 7. The second kappa shape index (κ2) is 12.7. The van der Waals surface area contributed by atoms with E-state index in [0.717, 1.165) is 55.3 Å². The molecular weight excluding hydrogens is 588 g/mol. The molecule has 0 fully saturated rings. The third-order valence-electron chi connectivity index (χ3n) is 8.29. The van der Waals surface area contributed by atoms with Gasteiger partial charge < -0.3 is 18.9 Å². The van der Waals surface area contributed by atoms with Crippen LogP contribution in [0.4, 0.5) is 0 Å². The van der Waals surface area contributed by atoms with Crippen molar-refractivity contribution in [2.75, 3.05) is 21.0 Å². The first-order chi connectivity index (χ1) is 23.0. The molecule has 47 heavy (non-hydrogen) atoms. The van der Waals surface area contributed by atoms with Crippen molar-refractivity contribution in [3.05, 3.63) is 144 Å². The molecule has 0 spiro atoms. The van der Waals surface area contributed by atoms with Gasteiger partial charge in [-0.1, -0.05) is 48.6 Å². The molecule has 6 aromatic carbocycles. The zero-order chi connectivity index (χ0) is 32.3. The number of rotatable bonds is 8. The molecule has 0 saturated heterocycles. The molecular formula is C41H30O6. The van der Waals surface area contributed by atoms with Gasteiger partial charge in [-0.2, -0.15) is 0 Å². The summed E-state index contributed by atoms with van der Waals surface area (Å²) in [5.74, 6) is 2.71. The molecule has 0 bridgehead atoms. The average molecular weight is 619 g/mol. The van der Waals surface area contributed by atoms with Crippen LogP contribution in [0.15, 0.2) is 121 Å². The van der Waals surface area contributed by atoms with Crippen LogP contribution in [0.5, 0.6) is 23.0 Å². The normalized spacial score (nSPS) is 12.3. The van der Waals surface area contributed by atoms with Gasteiger partial charge in [0.15, 0.2) is 11.6 Å². The monoisotopic (exact) mass is 618 g/mol. The van der Waals surface area contributed by atoms with Crippen molar-refractivity contribution < 1.29 is 28.5 Å². The molecule has 1 heterocycles. The molecule has 0 saturated carbocycles. The molecule has 6 heteroatoms. The summed E-state index contributed by atoms with van der Waals surface area (Å²) in [6, 6.07) is 34.4. The minimum absolute atomic E-state index is 0.0834. The van der Waals surface area contributed by atoms with E-state index in [9.17, 15) is 9.59 Å². The lowest BCUT2D eigenvalue weighted by Gasteiger charge is -2.14. The highest BCUT2D eigenvalue weighted by Crippen LogP contribution is 2.47. The lowest BCUT2D eigenvalue weighted by molar-refractivity contribution is 0.103. The van der Waals surface area contributed by atoms with E-state index < -0.39 is 0 Å². The summed E-state index contributed by atoms with van der Waals surface area (Å²) in [4.78, 5) is 25.5. The van der Waals surface area contributed by atoms with Gasteiger partial charge in [-0.3, -0.25) is 9.59 Å². The fourth-order valence-corrected chi connectivity index (χ4v) is 5.82. The number of hydrogen-bond donors (Lipinski definition) is 0. The number of carbonyl (C=O) groups is 2. The molecule has 0 aliphatic carbocycles. The third-order valence-corrected chi connectivity index (χ3v) is 8.29. The minimum Gasteiger partial charge on any atom is -0.497 e. The van der Waals surface area contributed by atoms with Gasteiger partial charge in [0.2, 0.25) is 6.79 Å². The number of ketones is 2. The van der Waals surface area contributed by atoms with Crippen molar-refractivity contribution in [1.29, 1.82) is 0 Å². The maximum absolute atomic E-state index is 12.8. The van der Waals surface area contributed by atoms with Gasteiger partial charge in [0.25, 0.3) is 0 Å². The Kier molecular flexibility index (Phi) is 7.99. The van der Waals surface area contributed by atoms with Crippen molar-refractivity contribution in [3.8, 4) is 34.1 Å². The lowest BCUT2D eigenvalue weighted by atomic mass is 9.91. The zero-order valence-corrected chi connectivity index (χ0v) is 25.9. The standard InChI is InChI=1S/C41H30O6/c1-44-32-13-7-28(8-14-32)36(42)19-5-26-3-17-34-30(23-26)11-21-38-40(34)41-35-18-4-27(24-31(35)12-22-39(41)47-25-46-38)6-20-37(43)29-9-15-33(45-2)16-10-29/h3-24H,25H2,1-2H3/b19-5-,20-6-. The van der Waals surface area contributed by atoms with Gasteiger partial charge in [0.1, 0.15) is 23.0 Å². The summed E-state index contributed by atoms with van der Waals surface area (Å²) < 4.78 is 22.5. The highest BCUT2D eigenvalue weighted by molar-refractivity contribution is 6.11. The number of carbonyl (C=O) groups excluding carboxylic acids is 2. The minimum atomic E-state index is -0.0834. The third kappa shape index (κ3) is 5.97. The number of ether oxygens (including phenoxy) is 4. The van der Waals surface area contributed by atoms with Crippen molar-refractivity contribution in [2.45, 2.75) is 0 Å². The van der Waals surface area contributed by atoms with Crippen LogP contribution >= 0.6 is 0 Å². The molecule has 7 rings (SSSR count). The Morgan fingerprint density at radius 3 is 1.38 bits per heavy atom. The summed E-state index contributed by atoms with van der Waals surface area (Å²) in [5, 5.41) is 4.03. The van der Waals surface area contributed by atoms with E-state index in [2.05, 4.69) is 24.3 Å². The first kappa shape index (κ1) is 29.6. The molecule has 0 radical (unpaired) electrons. The maximum atomic E-state index is 12.8. The fourth-order valence-electron chi connectivity index (χ4n) is 5.82. The van der Waals surface area contributed by atoms with Crippen molar-refractivity contribution in [2.24, 2.45) is 0 Å². The van der Waals surface area contributed by atoms with Gasteiger partial charge in [0, 0.05) is 22.3 Å². The van der Waals surface area contributed by atoms with E-state index in [4.69, 9.17) is 18.9 Å². The Balaban J connectivity index is 1.22. The summed E-state index contributed by atoms with van der Waals surface area (Å²) in [5.41, 5.74) is 4.90. The molecule has 1 aliphatic heterocycles. The second-order valence-corrected chi connectivity index (χ2v) is 11.1. The highest BCUT2D eigenvalue weighted by atomic mass is 16.7. The topological polar surface area (TPSA) is 71.1 Å². The fraction of sp³-hybridized carbons (Fsp3) is 0.0732. The van der Waals surface area contributed by atoms with Crippen LogP contribution in [0.2, 0.25) is 0 Å². The van der Waals surface area contributed by atoms with Crippen molar-refractivity contribution in [1.82, 2.24) is 0 Å². The van der Waals surface area contributed by atoms with Gasteiger partial charge >= 0.3 is 0 Å². The summed E-state index contributed by atoms with van der Waals surface area (Å²) in [7, 11) is 3.20. The molecule has 0 atom stereocenters. The number of methoxy groups -OCH3 is 2. The molecule has 0 unspecified atom stereocenters. The predicted octanol–water partition coefficient (Wildman–Crippen LogP) is 9.20. The Labute approximate surface area is 272 Å². The number of benzene rings is 6. The van der Waals surface area contributed by atoms with E-state index in [1.807, 2.05) is 48.6 Å². The van der Waals surface area contributed by atoms with E-state index in [1.54, 1.807) is 74.9 Å². The summed E-state index contributed by atoms with van der Waals surface area (Å²) in [6.07, 6.45) is 6.83. The number of allylic oxidation sites excluding steroid dienone is 2. The molecule has 230 valence electrons. The zero-order valence-electron chi connectivity index (χ0n) is 25.9. The van der Waals surface area contributed by atoms with Crippen molar-refractivity contribution in [3.63, 3.8) is 0 Å². The first-order valence-electron chi connectivity index (χ1n) is 15.1. The average Bonchev–Trinajstić information content (AvgIpc) is 3.32. The van der Waals surface area contributed by atoms with Crippen molar-refractivity contribution >= 4 is 45.3 Å². The second-order valence-electron chi connectivity index (χ2n) is 11.1. The molecule has 0 aromatic heterocycles. The molecule has 6 nitrogen and oxygen atoms in total. The van der Waals surface area contributed by atoms with Crippen LogP contribution in [0.25, 0.3) is 44.8 Å². The highest BCUT2D eigenvalue weighted by Gasteiger charge is 2.22. The van der Waals surface area contributed by atoms with Crippen LogP contribution in [-0.2, 0) is 0 Å². The van der Waals surface area contributed by atoms with E-state index in [-0.39, 0.29) is 18.4 Å². The number of hydrogen-bond acceptors (Lipinski definition) is 6. The molecule has 6 aromatic rings.